The molecule has 1 aromatic carbocycles. The molecular formula is C18H11F3N6O. The highest BCUT2D eigenvalue weighted by Crippen LogP contribution is 2.36. The molecule has 4 rings (SSSR count). The Hall–Kier alpha value is -3.82. The van der Waals surface area contributed by atoms with Crippen molar-refractivity contribution in [3.05, 3.63) is 72.3 Å². The molecule has 0 radical (unpaired) electrons. The van der Waals surface area contributed by atoms with Gasteiger partial charge in [0.15, 0.2) is 5.65 Å². The molecule has 0 fully saturated rings. The number of benzene rings is 1. The second-order valence-electron chi connectivity index (χ2n) is 5.70. The molecule has 0 unspecified atom stereocenters. The zero-order chi connectivity index (χ0) is 19.7. The van der Waals surface area contributed by atoms with Gasteiger partial charge in [0.1, 0.15) is 5.69 Å². The summed E-state index contributed by atoms with van der Waals surface area (Å²) in [5.74, 6) is -0.482. The van der Waals surface area contributed by atoms with Crippen molar-refractivity contribution >= 4 is 17.5 Å². The van der Waals surface area contributed by atoms with Gasteiger partial charge in [-0.3, -0.25) is 10.1 Å². The van der Waals surface area contributed by atoms with Gasteiger partial charge in [-0.15, -0.1) is 0 Å². The van der Waals surface area contributed by atoms with E-state index in [9.17, 15) is 18.0 Å². The number of carbonyl (C=O) groups is 1. The summed E-state index contributed by atoms with van der Waals surface area (Å²) >= 11 is 0. The van der Waals surface area contributed by atoms with E-state index >= 15 is 0 Å². The molecule has 3 aromatic heterocycles. The maximum Gasteiger partial charge on any atom is 0.417 e. The average molecular weight is 384 g/mol. The monoisotopic (exact) mass is 384 g/mol. The van der Waals surface area contributed by atoms with Crippen LogP contribution >= 0.6 is 0 Å². The summed E-state index contributed by atoms with van der Waals surface area (Å²) < 4.78 is 41.1. The molecule has 0 saturated carbocycles. The molecule has 0 aliphatic rings. The van der Waals surface area contributed by atoms with Crippen LogP contribution in [-0.2, 0) is 6.18 Å². The number of nitrogens with zero attached hydrogens (tertiary/aromatic N) is 5. The Kier molecular flexibility index (Phi) is 4.22. The number of hydrogen-bond acceptors (Lipinski definition) is 5. The quantitative estimate of drug-likeness (QED) is 0.585. The Morgan fingerprint density at radius 2 is 1.71 bits per heavy atom. The maximum absolute atomic E-state index is 13.3. The number of amides is 1. The van der Waals surface area contributed by atoms with E-state index in [-0.39, 0.29) is 28.5 Å². The van der Waals surface area contributed by atoms with Gasteiger partial charge in [0.05, 0.1) is 11.3 Å². The summed E-state index contributed by atoms with van der Waals surface area (Å²) in [5.41, 5.74) is -0.557. The lowest BCUT2D eigenvalue weighted by Gasteiger charge is -2.10. The lowest BCUT2D eigenvalue weighted by Crippen LogP contribution is -2.18. The van der Waals surface area contributed by atoms with E-state index in [0.717, 1.165) is 6.07 Å². The Morgan fingerprint density at radius 1 is 0.964 bits per heavy atom. The van der Waals surface area contributed by atoms with E-state index in [0.29, 0.717) is 0 Å². The first-order valence-electron chi connectivity index (χ1n) is 8.03. The molecule has 3 heterocycles. The second kappa shape index (κ2) is 6.72. The van der Waals surface area contributed by atoms with Gasteiger partial charge in [0.2, 0.25) is 5.95 Å². The summed E-state index contributed by atoms with van der Waals surface area (Å²) in [5, 5.41) is 6.68. The van der Waals surface area contributed by atoms with Gasteiger partial charge >= 0.3 is 6.18 Å². The van der Waals surface area contributed by atoms with Crippen molar-refractivity contribution in [3.63, 3.8) is 0 Å². The summed E-state index contributed by atoms with van der Waals surface area (Å²) in [7, 11) is 0. The largest absolute Gasteiger partial charge is 0.417 e. The molecule has 0 aliphatic carbocycles. The third-order valence-corrected chi connectivity index (χ3v) is 3.89. The zero-order valence-corrected chi connectivity index (χ0v) is 14.1. The van der Waals surface area contributed by atoms with E-state index in [4.69, 9.17) is 0 Å². The van der Waals surface area contributed by atoms with Crippen molar-refractivity contribution < 1.29 is 18.0 Å². The molecule has 10 heteroatoms. The summed E-state index contributed by atoms with van der Waals surface area (Å²) in [6, 6.07) is 9.48. The van der Waals surface area contributed by atoms with Gasteiger partial charge in [-0.25, -0.2) is 19.5 Å². The van der Waals surface area contributed by atoms with Crippen molar-refractivity contribution in [2.45, 2.75) is 6.18 Å². The van der Waals surface area contributed by atoms with Crippen LogP contribution in [0.1, 0.15) is 16.1 Å². The maximum atomic E-state index is 13.3. The minimum absolute atomic E-state index is 0.0524. The van der Waals surface area contributed by atoms with E-state index in [2.05, 4.69) is 25.4 Å². The van der Waals surface area contributed by atoms with Gasteiger partial charge in [-0.2, -0.15) is 18.3 Å². The van der Waals surface area contributed by atoms with Gasteiger partial charge < -0.3 is 0 Å². The first kappa shape index (κ1) is 17.6. The van der Waals surface area contributed by atoms with E-state index in [1.807, 2.05) is 0 Å². The molecule has 0 aliphatic heterocycles. The summed E-state index contributed by atoms with van der Waals surface area (Å²) in [4.78, 5) is 24.4. The molecule has 1 amide bonds. The first-order chi connectivity index (χ1) is 13.4. The lowest BCUT2D eigenvalue weighted by atomic mass is 10.0. The average Bonchev–Trinajstić information content (AvgIpc) is 3.12. The van der Waals surface area contributed by atoms with Crippen LogP contribution in [-0.4, -0.2) is 30.5 Å². The van der Waals surface area contributed by atoms with E-state index in [1.165, 1.54) is 53.4 Å². The van der Waals surface area contributed by atoms with Crippen molar-refractivity contribution in [2.75, 3.05) is 5.32 Å². The summed E-state index contributed by atoms with van der Waals surface area (Å²) in [6.07, 6.45) is -0.239. The van der Waals surface area contributed by atoms with Crippen molar-refractivity contribution in [2.24, 2.45) is 0 Å². The van der Waals surface area contributed by atoms with Crippen LogP contribution in [0.4, 0.5) is 19.1 Å². The highest BCUT2D eigenvalue weighted by Gasteiger charge is 2.34. The highest BCUT2D eigenvalue weighted by atomic mass is 19.4. The standard InChI is InChI=1S/C18H11F3N6O/c19-18(20,21)12-5-2-1-4-11(12)13-10-15-22-9-6-14(27(15)26-13)16(28)25-17-23-7-3-8-24-17/h1-10H,(H,23,24,25,28). The van der Waals surface area contributed by atoms with Crippen LogP contribution in [0.15, 0.2) is 61.1 Å². The van der Waals surface area contributed by atoms with Crippen LogP contribution in [0, 0.1) is 0 Å². The lowest BCUT2D eigenvalue weighted by molar-refractivity contribution is -0.137. The fourth-order valence-electron chi connectivity index (χ4n) is 2.68. The minimum Gasteiger partial charge on any atom is -0.289 e. The smallest absolute Gasteiger partial charge is 0.289 e. The van der Waals surface area contributed by atoms with Crippen LogP contribution in [0.3, 0.4) is 0 Å². The van der Waals surface area contributed by atoms with Crippen molar-refractivity contribution in [1.82, 2.24) is 24.6 Å². The highest BCUT2D eigenvalue weighted by molar-refractivity contribution is 6.02. The fourth-order valence-corrected chi connectivity index (χ4v) is 2.68. The zero-order valence-electron chi connectivity index (χ0n) is 14.1. The van der Waals surface area contributed by atoms with Crippen LogP contribution in [0.25, 0.3) is 16.9 Å². The molecule has 1 N–H and O–H groups in total. The van der Waals surface area contributed by atoms with Crippen LogP contribution in [0.5, 0.6) is 0 Å². The van der Waals surface area contributed by atoms with Gasteiger partial charge in [-0.1, -0.05) is 18.2 Å². The Balaban J connectivity index is 1.78. The third kappa shape index (κ3) is 3.27. The van der Waals surface area contributed by atoms with Crippen molar-refractivity contribution in [1.29, 1.82) is 0 Å². The fraction of sp³-hybridized carbons (Fsp3) is 0.0556. The third-order valence-electron chi connectivity index (χ3n) is 3.89. The van der Waals surface area contributed by atoms with Crippen LogP contribution in [0.2, 0.25) is 0 Å². The molecule has 0 spiro atoms. The minimum atomic E-state index is -4.54. The molecule has 7 nitrogen and oxygen atoms in total. The number of rotatable bonds is 3. The number of anilines is 1. The topological polar surface area (TPSA) is 85.1 Å². The Labute approximate surface area is 155 Å². The van der Waals surface area contributed by atoms with E-state index < -0.39 is 17.6 Å². The Morgan fingerprint density at radius 3 is 2.46 bits per heavy atom. The number of alkyl halides is 3. The predicted octanol–water partition coefficient (Wildman–Crippen LogP) is 3.46. The summed E-state index contributed by atoms with van der Waals surface area (Å²) in [6.45, 7) is 0. The molecule has 0 atom stereocenters. The molecule has 28 heavy (non-hydrogen) atoms. The van der Waals surface area contributed by atoms with E-state index in [1.54, 1.807) is 6.07 Å². The molecule has 4 aromatic rings. The second-order valence-corrected chi connectivity index (χ2v) is 5.70. The number of carbonyl (C=O) groups excluding carboxylic acids is 1. The number of halogens is 3. The SMILES string of the molecule is O=C(Nc1ncccn1)c1ccnc2cc(-c3ccccc3C(F)(F)F)nn12. The predicted molar refractivity (Wildman–Crippen MR) is 93.4 cm³/mol. The number of nitrogens with one attached hydrogen (secondary N) is 1. The number of fused-ring (bicyclic) bond motifs is 1. The molecule has 0 bridgehead atoms. The van der Waals surface area contributed by atoms with Gasteiger partial charge in [-0.05, 0) is 18.2 Å². The van der Waals surface area contributed by atoms with Crippen LogP contribution < -0.4 is 5.32 Å². The molecule has 140 valence electrons. The number of hydrogen-bond donors (Lipinski definition) is 1. The normalized spacial score (nSPS) is 11.5. The van der Waals surface area contributed by atoms with Gasteiger partial charge in [0.25, 0.3) is 5.91 Å². The van der Waals surface area contributed by atoms with Gasteiger partial charge in [0, 0.05) is 30.2 Å². The molecular weight excluding hydrogens is 373 g/mol. The Bertz CT molecular complexity index is 1160. The first-order valence-corrected chi connectivity index (χ1v) is 8.03. The molecule has 0 saturated heterocycles. The van der Waals surface area contributed by atoms with Crippen molar-refractivity contribution in [3.8, 4) is 11.3 Å². The number of aromatic nitrogens is 5.